The van der Waals surface area contributed by atoms with Gasteiger partial charge in [0.05, 0.1) is 18.4 Å². The molecule has 0 aliphatic heterocycles. The number of methoxy groups -OCH3 is 2. The second-order valence-electron chi connectivity index (χ2n) is 4.45. The van der Waals surface area contributed by atoms with Gasteiger partial charge in [0.2, 0.25) is 0 Å². The highest BCUT2D eigenvalue weighted by molar-refractivity contribution is 6.00. The van der Waals surface area contributed by atoms with E-state index in [1.165, 1.54) is 13.3 Å². The maximum atomic E-state index is 12.2. The molecule has 0 saturated heterocycles. The van der Waals surface area contributed by atoms with E-state index in [4.69, 9.17) is 10.00 Å². The van der Waals surface area contributed by atoms with E-state index in [1.807, 2.05) is 0 Å². The van der Waals surface area contributed by atoms with Gasteiger partial charge < -0.3 is 20.1 Å². The number of nitrogens with zero attached hydrogens (tertiary/aromatic N) is 1. The summed E-state index contributed by atoms with van der Waals surface area (Å²) in [6, 6.07) is 8.51. The van der Waals surface area contributed by atoms with Crippen LogP contribution in [0.2, 0.25) is 0 Å². The van der Waals surface area contributed by atoms with E-state index in [1.54, 1.807) is 37.4 Å². The zero-order chi connectivity index (χ0) is 17.1. The molecular weight excluding hydrogens is 298 g/mol. The first-order chi connectivity index (χ1) is 11.1. The van der Waals surface area contributed by atoms with Crippen LogP contribution in [0.15, 0.2) is 36.0 Å². The Morgan fingerprint density at radius 1 is 1.30 bits per heavy atom. The second-order valence-corrected chi connectivity index (χ2v) is 4.45. The molecular formula is C16H19N3O4. The van der Waals surface area contributed by atoms with Crippen molar-refractivity contribution >= 4 is 17.6 Å². The van der Waals surface area contributed by atoms with Crippen LogP contribution in [-0.2, 0) is 14.3 Å². The predicted octanol–water partition coefficient (Wildman–Crippen LogP) is 1.45. The molecule has 1 aromatic rings. The van der Waals surface area contributed by atoms with Crippen LogP contribution in [0.5, 0.6) is 0 Å². The van der Waals surface area contributed by atoms with E-state index >= 15 is 0 Å². The van der Waals surface area contributed by atoms with Gasteiger partial charge in [-0.3, -0.25) is 4.79 Å². The van der Waals surface area contributed by atoms with Crippen LogP contribution in [0.3, 0.4) is 0 Å². The lowest BCUT2D eigenvalue weighted by molar-refractivity contribution is -0.135. The number of benzene rings is 1. The lowest BCUT2D eigenvalue weighted by Gasteiger charge is -2.10. The highest BCUT2D eigenvalue weighted by Gasteiger charge is 2.12. The minimum absolute atomic E-state index is 0.192. The van der Waals surface area contributed by atoms with Gasteiger partial charge in [-0.15, -0.1) is 0 Å². The summed E-state index contributed by atoms with van der Waals surface area (Å²) in [7, 11) is 2.79. The first-order valence-electron chi connectivity index (χ1n) is 6.95. The number of ether oxygens (including phenoxy) is 2. The summed E-state index contributed by atoms with van der Waals surface area (Å²) in [5, 5.41) is 14.5. The zero-order valence-corrected chi connectivity index (χ0v) is 13.1. The number of nitriles is 1. The number of anilines is 1. The number of rotatable bonds is 8. The smallest absolute Gasteiger partial charge is 0.350 e. The molecule has 2 N–H and O–H groups in total. The topological polar surface area (TPSA) is 100 Å². The molecule has 7 nitrogen and oxygen atoms in total. The van der Waals surface area contributed by atoms with Gasteiger partial charge in [0.25, 0.3) is 5.91 Å². The van der Waals surface area contributed by atoms with Crippen LogP contribution >= 0.6 is 0 Å². The summed E-state index contributed by atoms with van der Waals surface area (Å²) in [6.45, 7) is 1.05. The number of carbonyl (C=O) groups excluding carboxylic acids is 2. The lowest BCUT2D eigenvalue weighted by Crippen LogP contribution is -2.25. The Bertz CT molecular complexity index is 620. The molecule has 0 aliphatic rings. The van der Waals surface area contributed by atoms with Crippen molar-refractivity contribution in [1.29, 1.82) is 5.26 Å². The highest BCUT2D eigenvalue weighted by atomic mass is 16.5. The molecule has 0 bridgehead atoms. The third-order valence-electron chi connectivity index (χ3n) is 2.88. The minimum atomic E-state index is -0.749. The molecule has 0 radical (unpaired) electrons. The number of amides is 1. The van der Waals surface area contributed by atoms with Crippen molar-refractivity contribution in [2.75, 3.05) is 32.7 Å². The maximum absolute atomic E-state index is 12.2. The van der Waals surface area contributed by atoms with Crippen LogP contribution in [-0.4, -0.2) is 39.2 Å². The molecule has 0 fully saturated rings. The molecule has 122 valence electrons. The number of hydrogen-bond acceptors (Lipinski definition) is 6. The van der Waals surface area contributed by atoms with Crippen LogP contribution in [0.1, 0.15) is 16.8 Å². The average Bonchev–Trinajstić information content (AvgIpc) is 2.59. The summed E-state index contributed by atoms with van der Waals surface area (Å²) in [4.78, 5) is 23.5. The van der Waals surface area contributed by atoms with E-state index in [2.05, 4.69) is 15.4 Å². The van der Waals surface area contributed by atoms with Gasteiger partial charge in [0.15, 0.2) is 5.57 Å². The summed E-state index contributed by atoms with van der Waals surface area (Å²) < 4.78 is 9.40. The highest BCUT2D eigenvalue weighted by Crippen LogP contribution is 2.15. The normalized spacial score (nSPS) is 10.6. The van der Waals surface area contributed by atoms with Gasteiger partial charge in [0, 0.05) is 26.5 Å². The Hall–Kier alpha value is -2.85. The monoisotopic (exact) mass is 317 g/mol. The van der Waals surface area contributed by atoms with Crippen LogP contribution < -0.4 is 10.6 Å². The van der Waals surface area contributed by atoms with Crippen molar-refractivity contribution in [2.24, 2.45) is 0 Å². The molecule has 0 aliphatic carbocycles. The number of nitrogens with one attached hydrogen (secondary N) is 2. The van der Waals surface area contributed by atoms with E-state index < -0.39 is 5.97 Å². The van der Waals surface area contributed by atoms with Crippen LogP contribution in [0, 0.1) is 11.3 Å². The van der Waals surface area contributed by atoms with Gasteiger partial charge >= 0.3 is 5.97 Å². The first-order valence-corrected chi connectivity index (χ1v) is 6.95. The molecule has 1 amide bonds. The molecule has 7 heteroatoms. The predicted molar refractivity (Wildman–Crippen MR) is 84.6 cm³/mol. The number of esters is 1. The average molecular weight is 317 g/mol. The van der Waals surface area contributed by atoms with Gasteiger partial charge in [0.1, 0.15) is 6.07 Å². The van der Waals surface area contributed by atoms with Crippen molar-refractivity contribution in [3.8, 4) is 6.07 Å². The maximum Gasteiger partial charge on any atom is 0.350 e. The van der Waals surface area contributed by atoms with Crippen molar-refractivity contribution in [2.45, 2.75) is 6.42 Å². The van der Waals surface area contributed by atoms with E-state index in [0.717, 1.165) is 0 Å². The van der Waals surface area contributed by atoms with Gasteiger partial charge in [-0.25, -0.2) is 4.79 Å². The van der Waals surface area contributed by atoms with Crippen molar-refractivity contribution < 1.29 is 19.1 Å². The van der Waals surface area contributed by atoms with Crippen molar-refractivity contribution in [3.05, 3.63) is 41.6 Å². The molecule has 23 heavy (non-hydrogen) atoms. The Morgan fingerprint density at radius 3 is 2.70 bits per heavy atom. The van der Waals surface area contributed by atoms with Gasteiger partial charge in [-0.1, -0.05) is 12.1 Å². The quantitative estimate of drug-likeness (QED) is 0.326. The minimum Gasteiger partial charge on any atom is -0.465 e. The van der Waals surface area contributed by atoms with Gasteiger partial charge in [-0.05, 0) is 18.6 Å². The fourth-order valence-electron chi connectivity index (χ4n) is 1.72. The van der Waals surface area contributed by atoms with Gasteiger partial charge in [-0.2, -0.15) is 5.26 Å². The molecule has 1 aromatic carbocycles. The van der Waals surface area contributed by atoms with Crippen molar-refractivity contribution in [1.82, 2.24) is 5.32 Å². The Morgan fingerprint density at radius 2 is 2.04 bits per heavy atom. The van der Waals surface area contributed by atoms with E-state index in [-0.39, 0.29) is 11.5 Å². The SMILES string of the molecule is COCCCNC(=O)c1ccccc1N/C=C(/C#N)C(=O)OC. The summed E-state index contributed by atoms with van der Waals surface area (Å²) in [6.07, 6.45) is 1.92. The largest absolute Gasteiger partial charge is 0.465 e. The van der Waals surface area contributed by atoms with Crippen LogP contribution in [0.25, 0.3) is 0 Å². The molecule has 0 spiro atoms. The molecule has 0 saturated carbocycles. The number of carbonyl (C=O) groups is 2. The Kier molecular flexibility index (Phi) is 7.89. The molecule has 0 heterocycles. The zero-order valence-electron chi connectivity index (χ0n) is 13.1. The van der Waals surface area contributed by atoms with E-state index in [9.17, 15) is 9.59 Å². The van der Waals surface area contributed by atoms with E-state index in [0.29, 0.717) is 30.8 Å². The second kappa shape index (κ2) is 9.97. The third kappa shape index (κ3) is 5.80. The summed E-state index contributed by atoms with van der Waals surface area (Å²) in [5.74, 6) is -1.00. The van der Waals surface area contributed by atoms with Crippen molar-refractivity contribution in [3.63, 3.8) is 0 Å². The molecule has 0 aromatic heterocycles. The fraction of sp³-hybridized carbons (Fsp3) is 0.312. The Balaban J connectivity index is 2.81. The number of para-hydroxylation sites is 1. The summed E-state index contributed by atoms with van der Waals surface area (Å²) in [5.41, 5.74) is 0.694. The molecule has 0 unspecified atom stereocenters. The lowest BCUT2D eigenvalue weighted by atomic mass is 10.1. The number of hydrogen-bond donors (Lipinski definition) is 2. The van der Waals surface area contributed by atoms with Crippen LogP contribution in [0.4, 0.5) is 5.69 Å². The molecule has 0 atom stereocenters. The summed E-state index contributed by atoms with van der Waals surface area (Å²) >= 11 is 0. The Labute approximate surface area is 134 Å². The standard InChI is InChI=1S/C16H19N3O4/c1-22-9-5-8-18-15(20)13-6-3-4-7-14(13)19-11-12(10-17)16(21)23-2/h3-4,6-7,11,19H,5,8-9H2,1-2H3,(H,18,20)/b12-11-. The third-order valence-corrected chi connectivity index (χ3v) is 2.88. The fourth-order valence-corrected chi connectivity index (χ4v) is 1.72. The molecule has 1 rings (SSSR count). The first kappa shape index (κ1) is 18.2.